The van der Waals surface area contributed by atoms with Crippen LogP contribution in [-0.4, -0.2) is 29.6 Å². The van der Waals surface area contributed by atoms with Crippen LogP contribution in [-0.2, 0) is 4.74 Å². The van der Waals surface area contributed by atoms with Gasteiger partial charge in [0.25, 0.3) is 0 Å². The van der Waals surface area contributed by atoms with Gasteiger partial charge in [-0.15, -0.1) is 0 Å². The molecule has 0 saturated carbocycles. The number of aromatic nitrogens is 2. The van der Waals surface area contributed by atoms with E-state index in [1.807, 2.05) is 12.1 Å². The number of hydrogen-bond acceptors (Lipinski definition) is 5. The van der Waals surface area contributed by atoms with Crippen molar-refractivity contribution in [2.75, 3.05) is 19.0 Å². The predicted octanol–water partition coefficient (Wildman–Crippen LogP) is 2.36. The molecule has 5 heteroatoms. The summed E-state index contributed by atoms with van der Waals surface area (Å²) in [6.45, 7) is 2.16. The van der Waals surface area contributed by atoms with E-state index in [2.05, 4.69) is 15.3 Å². The first-order valence-electron chi connectivity index (χ1n) is 6.02. The largest absolute Gasteiger partial charge is 0.462 e. The molecule has 0 aliphatic carbocycles. The van der Waals surface area contributed by atoms with Crippen LogP contribution >= 0.6 is 0 Å². The van der Waals surface area contributed by atoms with Crippen LogP contribution in [0.4, 0.5) is 5.95 Å². The average Bonchev–Trinajstić information content (AvgIpc) is 2.48. The van der Waals surface area contributed by atoms with Gasteiger partial charge in [0.15, 0.2) is 0 Å². The molecule has 0 spiro atoms. The van der Waals surface area contributed by atoms with Crippen molar-refractivity contribution in [3.63, 3.8) is 0 Å². The van der Waals surface area contributed by atoms with E-state index in [1.165, 1.54) is 0 Å². The monoisotopic (exact) mass is 257 g/mol. The van der Waals surface area contributed by atoms with Crippen molar-refractivity contribution in [1.82, 2.24) is 9.97 Å². The first-order chi connectivity index (χ1) is 9.24. The fourth-order valence-electron chi connectivity index (χ4n) is 1.62. The number of carbonyl (C=O) groups is 1. The topological polar surface area (TPSA) is 64.1 Å². The van der Waals surface area contributed by atoms with Gasteiger partial charge in [0, 0.05) is 25.0 Å². The van der Waals surface area contributed by atoms with Gasteiger partial charge in [-0.3, -0.25) is 0 Å². The maximum atomic E-state index is 11.5. The third-order valence-electron chi connectivity index (χ3n) is 2.60. The minimum atomic E-state index is -0.309. The molecule has 1 aromatic carbocycles. The van der Waals surface area contributed by atoms with Gasteiger partial charge in [-0.2, -0.15) is 0 Å². The quantitative estimate of drug-likeness (QED) is 0.852. The number of anilines is 1. The van der Waals surface area contributed by atoms with E-state index < -0.39 is 0 Å². The van der Waals surface area contributed by atoms with Crippen LogP contribution in [0.5, 0.6) is 0 Å². The molecule has 98 valence electrons. The van der Waals surface area contributed by atoms with Crippen LogP contribution in [0.25, 0.3) is 11.1 Å². The van der Waals surface area contributed by atoms with E-state index >= 15 is 0 Å². The highest BCUT2D eigenvalue weighted by molar-refractivity contribution is 5.90. The number of nitrogens with one attached hydrogen (secondary N) is 1. The molecule has 2 rings (SSSR count). The zero-order chi connectivity index (χ0) is 13.7. The van der Waals surface area contributed by atoms with Crippen molar-refractivity contribution in [1.29, 1.82) is 0 Å². The molecular weight excluding hydrogens is 242 g/mol. The molecule has 1 N–H and O–H groups in total. The van der Waals surface area contributed by atoms with Gasteiger partial charge in [0.05, 0.1) is 12.2 Å². The molecule has 0 atom stereocenters. The highest BCUT2D eigenvalue weighted by atomic mass is 16.5. The summed E-state index contributed by atoms with van der Waals surface area (Å²) in [5.74, 6) is 0.266. The standard InChI is InChI=1S/C14H15N3O2/c1-3-19-13(18)11-6-4-10(5-7-11)12-8-16-14(15-2)17-9-12/h4-9H,3H2,1-2H3,(H,15,16,17). The van der Waals surface area contributed by atoms with Crippen LogP contribution in [0, 0.1) is 0 Å². The van der Waals surface area contributed by atoms with Crippen LogP contribution in [0.3, 0.4) is 0 Å². The summed E-state index contributed by atoms with van der Waals surface area (Å²) in [4.78, 5) is 19.8. The number of esters is 1. The lowest BCUT2D eigenvalue weighted by atomic mass is 10.1. The van der Waals surface area contributed by atoms with Crippen LogP contribution in [0.1, 0.15) is 17.3 Å². The Morgan fingerprint density at radius 3 is 2.32 bits per heavy atom. The molecule has 0 radical (unpaired) electrons. The van der Waals surface area contributed by atoms with Gasteiger partial charge in [0.1, 0.15) is 0 Å². The van der Waals surface area contributed by atoms with Crippen molar-refractivity contribution >= 4 is 11.9 Å². The van der Waals surface area contributed by atoms with Gasteiger partial charge in [-0.25, -0.2) is 14.8 Å². The smallest absolute Gasteiger partial charge is 0.338 e. The van der Waals surface area contributed by atoms with Crippen molar-refractivity contribution in [3.8, 4) is 11.1 Å². The van der Waals surface area contributed by atoms with E-state index in [1.54, 1.807) is 38.5 Å². The maximum Gasteiger partial charge on any atom is 0.338 e. The molecule has 1 heterocycles. The summed E-state index contributed by atoms with van der Waals surface area (Å²) in [7, 11) is 1.77. The minimum absolute atomic E-state index is 0.309. The Bertz CT molecular complexity index is 550. The second-order valence-corrected chi connectivity index (χ2v) is 3.84. The molecule has 0 saturated heterocycles. The number of hydrogen-bond donors (Lipinski definition) is 1. The first kappa shape index (κ1) is 13.0. The van der Waals surface area contributed by atoms with Gasteiger partial charge in [0.2, 0.25) is 5.95 Å². The van der Waals surface area contributed by atoms with E-state index in [9.17, 15) is 4.79 Å². The Hall–Kier alpha value is -2.43. The molecule has 0 bridgehead atoms. The summed E-state index contributed by atoms with van der Waals surface area (Å²) in [5.41, 5.74) is 2.39. The van der Waals surface area contributed by atoms with Crippen molar-refractivity contribution in [2.24, 2.45) is 0 Å². The second kappa shape index (κ2) is 5.95. The van der Waals surface area contributed by atoms with E-state index in [-0.39, 0.29) is 5.97 Å². The molecule has 0 amide bonds. The van der Waals surface area contributed by atoms with Gasteiger partial charge >= 0.3 is 5.97 Å². The molecule has 19 heavy (non-hydrogen) atoms. The molecule has 0 fully saturated rings. The Morgan fingerprint density at radius 1 is 1.16 bits per heavy atom. The number of rotatable bonds is 4. The number of benzene rings is 1. The molecule has 0 aliphatic heterocycles. The predicted molar refractivity (Wildman–Crippen MR) is 73.0 cm³/mol. The normalized spacial score (nSPS) is 10.0. The van der Waals surface area contributed by atoms with Crippen LogP contribution < -0.4 is 5.32 Å². The molecule has 0 aliphatic rings. The van der Waals surface area contributed by atoms with Crippen LogP contribution in [0.2, 0.25) is 0 Å². The SMILES string of the molecule is CCOC(=O)c1ccc(-c2cnc(NC)nc2)cc1. The fourth-order valence-corrected chi connectivity index (χ4v) is 1.62. The first-order valence-corrected chi connectivity index (χ1v) is 6.02. The third kappa shape index (κ3) is 3.07. The second-order valence-electron chi connectivity index (χ2n) is 3.84. The lowest BCUT2D eigenvalue weighted by Gasteiger charge is -2.04. The molecule has 1 aromatic heterocycles. The molecular formula is C14H15N3O2. The lowest BCUT2D eigenvalue weighted by molar-refractivity contribution is 0.0526. The molecule has 5 nitrogen and oxygen atoms in total. The maximum absolute atomic E-state index is 11.5. The van der Waals surface area contributed by atoms with Crippen molar-refractivity contribution in [2.45, 2.75) is 6.92 Å². The number of carbonyl (C=O) groups excluding carboxylic acids is 1. The average molecular weight is 257 g/mol. The Kier molecular flexibility index (Phi) is 4.07. The Morgan fingerprint density at radius 2 is 1.79 bits per heavy atom. The minimum Gasteiger partial charge on any atom is -0.462 e. The Labute approximate surface area is 111 Å². The van der Waals surface area contributed by atoms with E-state index in [4.69, 9.17) is 4.74 Å². The summed E-state index contributed by atoms with van der Waals surface area (Å²) >= 11 is 0. The van der Waals surface area contributed by atoms with Gasteiger partial charge < -0.3 is 10.1 Å². The summed E-state index contributed by atoms with van der Waals surface area (Å²) in [5, 5.41) is 2.86. The zero-order valence-electron chi connectivity index (χ0n) is 10.9. The number of ether oxygens (including phenoxy) is 1. The van der Waals surface area contributed by atoms with Gasteiger partial charge in [-0.05, 0) is 24.6 Å². The summed E-state index contributed by atoms with van der Waals surface area (Å²) < 4.78 is 4.93. The van der Waals surface area contributed by atoms with Gasteiger partial charge in [-0.1, -0.05) is 12.1 Å². The van der Waals surface area contributed by atoms with E-state index in [0.29, 0.717) is 18.1 Å². The summed E-state index contributed by atoms with van der Waals surface area (Å²) in [6.07, 6.45) is 3.47. The fraction of sp³-hybridized carbons (Fsp3) is 0.214. The zero-order valence-corrected chi connectivity index (χ0v) is 10.9. The van der Waals surface area contributed by atoms with Crippen molar-refractivity contribution in [3.05, 3.63) is 42.2 Å². The number of nitrogens with zero attached hydrogens (tertiary/aromatic N) is 2. The molecule has 0 unspecified atom stereocenters. The Balaban J connectivity index is 2.19. The highest BCUT2D eigenvalue weighted by Crippen LogP contribution is 2.19. The highest BCUT2D eigenvalue weighted by Gasteiger charge is 2.06. The summed E-state index contributed by atoms with van der Waals surface area (Å²) in [6, 6.07) is 7.17. The van der Waals surface area contributed by atoms with E-state index in [0.717, 1.165) is 11.1 Å². The third-order valence-corrected chi connectivity index (χ3v) is 2.60. The van der Waals surface area contributed by atoms with Crippen LogP contribution in [0.15, 0.2) is 36.7 Å². The van der Waals surface area contributed by atoms with Crippen molar-refractivity contribution < 1.29 is 9.53 Å². The molecule has 2 aromatic rings. The lowest BCUT2D eigenvalue weighted by Crippen LogP contribution is -2.04.